The van der Waals surface area contributed by atoms with Crippen LogP contribution < -0.4 is 4.72 Å². The van der Waals surface area contributed by atoms with Crippen LogP contribution in [0.1, 0.15) is 20.8 Å². The maximum Gasteiger partial charge on any atom is 0.348 e. The minimum absolute atomic E-state index is 0.0525. The zero-order chi connectivity index (χ0) is 20.3. The van der Waals surface area contributed by atoms with E-state index < -0.39 is 16.0 Å². The molecular weight excluding hydrogens is 398 g/mol. The van der Waals surface area contributed by atoms with Gasteiger partial charge in [0.2, 0.25) is 0 Å². The number of carbonyl (C=O) groups is 1. The average Bonchev–Trinajstić information content (AvgIpc) is 3.06. The molecule has 0 aliphatic rings. The number of sulfonamides is 1. The van der Waals surface area contributed by atoms with Crippen LogP contribution in [-0.4, -0.2) is 26.6 Å². The molecule has 0 aliphatic heterocycles. The van der Waals surface area contributed by atoms with E-state index in [4.69, 9.17) is 4.74 Å². The minimum Gasteiger partial charge on any atom is -0.477 e. The largest absolute Gasteiger partial charge is 0.477 e. The Labute approximate surface area is 167 Å². The Morgan fingerprint density at radius 1 is 1.14 bits per heavy atom. The molecule has 2 aromatic carbocycles. The van der Waals surface area contributed by atoms with E-state index >= 15 is 0 Å². The van der Waals surface area contributed by atoms with E-state index in [9.17, 15) is 18.3 Å². The second-order valence-electron chi connectivity index (χ2n) is 6.16. The van der Waals surface area contributed by atoms with Gasteiger partial charge in [0.15, 0.2) is 0 Å². The Hall–Kier alpha value is -2.68. The molecule has 0 amide bonds. The molecule has 0 atom stereocenters. The molecule has 0 fully saturated rings. The summed E-state index contributed by atoms with van der Waals surface area (Å²) >= 11 is 1.02. The standard InChI is InChI=1S/C20H19NO5S2/c1-13-5-3-4-6-18(13)28(24,25)21-16-11-17(27-19(16)20(22)23)15-9-7-14(8-10-15)12-26-2/h3-11,21H,12H2,1-2H3,(H,22,23). The van der Waals surface area contributed by atoms with Gasteiger partial charge in [-0.05, 0) is 35.7 Å². The first kappa shape index (κ1) is 20.1. The zero-order valence-corrected chi connectivity index (χ0v) is 16.9. The van der Waals surface area contributed by atoms with Crippen LogP contribution in [0.25, 0.3) is 10.4 Å². The van der Waals surface area contributed by atoms with Crippen LogP contribution in [0.2, 0.25) is 0 Å². The molecule has 146 valence electrons. The lowest BCUT2D eigenvalue weighted by Gasteiger charge is -2.09. The molecule has 0 aliphatic carbocycles. The van der Waals surface area contributed by atoms with Crippen molar-refractivity contribution in [2.45, 2.75) is 18.4 Å². The fraction of sp³-hybridized carbons (Fsp3) is 0.150. The van der Waals surface area contributed by atoms with E-state index in [2.05, 4.69) is 4.72 Å². The van der Waals surface area contributed by atoms with Crippen LogP contribution >= 0.6 is 11.3 Å². The van der Waals surface area contributed by atoms with Gasteiger partial charge in [0.25, 0.3) is 10.0 Å². The van der Waals surface area contributed by atoms with Crippen molar-refractivity contribution in [3.8, 4) is 10.4 Å². The molecule has 2 N–H and O–H groups in total. The molecule has 0 radical (unpaired) electrons. The summed E-state index contributed by atoms with van der Waals surface area (Å²) in [6, 6.07) is 15.6. The van der Waals surface area contributed by atoms with Gasteiger partial charge in [-0.2, -0.15) is 0 Å². The molecule has 8 heteroatoms. The molecule has 28 heavy (non-hydrogen) atoms. The van der Waals surface area contributed by atoms with E-state index in [0.717, 1.165) is 22.5 Å². The Morgan fingerprint density at radius 3 is 2.43 bits per heavy atom. The highest BCUT2D eigenvalue weighted by atomic mass is 32.2. The van der Waals surface area contributed by atoms with Gasteiger partial charge >= 0.3 is 5.97 Å². The van der Waals surface area contributed by atoms with Crippen molar-refractivity contribution in [1.82, 2.24) is 0 Å². The number of methoxy groups -OCH3 is 1. The number of ether oxygens (including phenoxy) is 1. The number of aromatic carboxylic acids is 1. The lowest BCUT2D eigenvalue weighted by molar-refractivity contribution is 0.0703. The SMILES string of the molecule is COCc1ccc(-c2cc(NS(=O)(=O)c3ccccc3C)c(C(=O)O)s2)cc1. The summed E-state index contributed by atoms with van der Waals surface area (Å²) in [5.41, 5.74) is 2.42. The van der Waals surface area contributed by atoms with Crippen LogP contribution in [0.5, 0.6) is 0 Å². The smallest absolute Gasteiger partial charge is 0.348 e. The van der Waals surface area contributed by atoms with E-state index in [1.54, 1.807) is 38.3 Å². The number of anilines is 1. The highest BCUT2D eigenvalue weighted by Gasteiger charge is 2.23. The number of aryl methyl sites for hydroxylation is 1. The Bertz CT molecular complexity index is 1100. The third kappa shape index (κ3) is 4.24. The maximum absolute atomic E-state index is 12.7. The van der Waals surface area contributed by atoms with Crippen LogP contribution in [-0.2, 0) is 21.4 Å². The topological polar surface area (TPSA) is 92.7 Å². The number of nitrogens with one attached hydrogen (secondary N) is 1. The normalized spacial score (nSPS) is 11.4. The van der Waals surface area contributed by atoms with Crippen LogP contribution in [0, 0.1) is 6.92 Å². The number of benzene rings is 2. The van der Waals surface area contributed by atoms with Gasteiger partial charge in [-0.3, -0.25) is 4.72 Å². The lowest BCUT2D eigenvalue weighted by atomic mass is 10.1. The number of carboxylic acids is 1. The number of rotatable bonds is 7. The molecule has 0 unspecified atom stereocenters. The third-order valence-corrected chi connectivity index (χ3v) is 6.80. The Kier molecular flexibility index (Phi) is 5.83. The first-order valence-corrected chi connectivity index (χ1v) is 10.7. The zero-order valence-electron chi connectivity index (χ0n) is 15.3. The van der Waals surface area contributed by atoms with Gasteiger partial charge in [-0.25, -0.2) is 13.2 Å². The fourth-order valence-electron chi connectivity index (χ4n) is 2.76. The summed E-state index contributed by atoms with van der Waals surface area (Å²) in [4.78, 5) is 12.4. The lowest BCUT2D eigenvalue weighted by Crippen LogP contribution is -2.15. The second-order valence-corrected chi connectivity index (χ2v) is 8.86. The first-order chi connectivity index (χ1) is 13.3. The van der Waals surface area contributed by atoms with Crippen molar-refractivity contribution in [2.75, 3.05) is 11.8 Å². The average molecular weight is 418 g/mol. The second kappa shape index (κ2) is 8.14. The summed E-state index contributed by atoms with van der Waals surface area (Å²) in [7, 11) is -2.30. The van der Waals surface area contributed by atoms with Gasteiger partial charge in [0.1, 0.15) is 4.88 Å². The van der Waals surface area contributed by atoms with Gasteiger partial charge in [0, 0.05) is 12.0 Å². The fourth-order valence-corrected chi connectivity index (χ4v) is 5.09. The molecule has 3 rings (SSSR count). The summed E-state index contributed by atoms with van der Waals surface area (Å²) in [5.74, 6) is -1.19. The molecule has 6 nitrogen and oxygen atoms in total. The van der Waals surface area contributed by atoms with Crippen LogP contribution in [0.4, 0.5) is 5.69 Å². The van der Waals surface area contributed by atoms with E-state index in [1.807, 2.05) is 24.3 Å². The monoisotopic (exact) mass is 417 g/mol. The van der Waals surface area contributed by atoms with E-state index in [1.165, 1.54) is 6.07 Å². The van der Waals surface area contributed by atoms with E-state index in [0.29, 0.717) is 17.0 Å². The number of hydrogen-bond donors (Lipinski definition) is 2. The molecule has 0 saturated carbocycles. The Balaban J connectivity index is 1.97. The first-order valence-electron chi connectivity index (χ1n) is 8.35. The quantitative estimate of drug-likeness (QED) is 0.595. The van der Waals surface area contributed by atoms with Crippen molar-refractivity contribution in [1.29, 1.82) is 0 Å². The summed E-state index contributed by atoms with van der Waals surface area (Å²) in [6.45, 7) is 2.17. The van der Waals surface area contributed by atoms with Crippen molar-refractivity contribution >= 4 is 33.0 Å². The minimum atomic E-state index is -3.91. The summed E-state index contributed by atoms with van der Waals surface area (Å²) in [5, 5.41) is 9.52. The van der Waals surface area contributed by atoms with Crippen LogP contribution in [0.15, 0.2) is 59.5 Å². The molecule has 1 aromatic heterocycles. The molecule has 1 heterocycles. The summed E-state index contributed by atoms with van der Waals surface area (Å²) < 4.78 is 33.0. The molecule has 3 aromatic rings. The third-order valence-electron chi connectivity index (χ3n) is 4.10. The van der Waals surface area contributed by atoms with Gasteiger partial charge in [0.05, 0.1) is 17.2 Å². The van der Waals surface area contributed by atoms with Gasteiger partial charge in [-0.15, -0.1) is 11.3 Å². The molecule has 0 saturated heterocycles. The van der Waals surface area contributed by atoms with Crippen molar-refractivity contribution in [3.05, 3.63) is 70.6 Å². The number of hydrogen-bond acceptors (Lipinski definition) is 5. The van der Waals surface area contributed by atoms with Crippen LogP contribution in [0.3, 0.4) is 0 Å². The highest BCUT2D eigenvalue weighted by Crippen LogP contribution is 2.36. The number of thiophene rings is 1. The van der Waals surface area contributed by atoms with Crippen molar-refractivity contribution in [3.63, 3.8) is 0 Å². The number of carboxylic acid groups (broad SMARTS) is 1. The summed E-state index contributed by atoms with van der Waals surface area (Å²) in [6.07, 6.45) is 0. The molecule has 0 spiro atoms. The van der Waals surface area contributed by atoms with Gasteiger partial charge < -0.3 is 9.84 Å². The predicted molar refractivity (Wildman–Crippen MR) is 109 cm³/mol. The maximum atomic E-state index is 12.7. The van der Waals surface area contributed by atoms with Crippen molar-refractivity contribution in [2.24, 2.45) is 0 Å². The van der Waals surface area contributed by atoms with E-state index in [-0.39, 0.29) is 15.5 Å². The van der Waals surface area contributed by atoms with Crippen molar-refractivity contribution < 1.29 is 23.1 Å². The molecular formula is C20H19NO5S2. The molecule has 0 bridgehead atoms. The Morgan fingerprint density at radius 2 is 1.82 bits per heavy atom. The highest BCUT2D eigenvalue weighted by molar-refractivity contribution is 7.92. The van der Waals surface area contributed by atoms with Gasteiger partial charge in [-0.1, -0.05) is 42.5 Å². The predicted octanol–water partition coefficient (Wildman–Crippen LogP) is 4.37.